The van der Waals surface area contributed by atoms with E-state index in [4.69, 9.17) is 0 Å². The van der Waals surface area contributed by atoms with E-state index >= 15 is 0 Å². The van der Waals surface area contributed by atoms with Crippen molar-refractivity contribution < 1.29 is 0 Å². The molecular weight excluding hydrogens is 152 g/mol. The van der Waals surface area contributed by atoms with Crippen LogP contribution in [0.5, 0.6) is 0 Å². The zero-order valence-corrected chi connectivity index (χ0v) is 8.62. The van der Waals surface area contributed by atoms with Crippen LogP contribution in [0.25, 0.3) is 0 Å². The maximum Gasteiger partial charge on any atom is 0.0130 e. The van der Waals surface area contributed by atoms with Crippen molar-refractivity contribution in [3.8, 4) is 0 Å². The van der Waals surface area contributed by atoms with Crippen LogP contribution in [-0.2, 0) is 0 Å². The largest absolute Gasteiger partial charge is 0.172 e. The molecule has 1 aliphatic rings. The van der Waals surface area contributed by atoms with Gasteiger partial charge in [0, 0.05) is 4.75 Å². The van der Waals surface area contributed by atoms with Crippen LogP contribution in [0.2, 0.25) is 0 Å². The van der Waals surface area contributed by atoms with E-state index in [-0.39, 0.29) is 4.75 Å². The predicted octanol–water partition coefficient (Wildman–Crippen LogP) is 3.44. The summed E-state index contributed by atoms with van der Waals surface area (Å²) in [4.78, 5) is 0. The molecule has 1 heteroatoms. The fourth-order valence-electron chi connectivity index (χ4n) is 1.52. The molecule has 0 aromatic rings. The van der Waals surface area contributed by atoms with Crippen molar-refractivity contribution in [2.45, 2.75) is 44.8 Å². The van der Waals surface area contributed by atoms with Gasteiger partial charge >= 0.3 is 0 Å². The van der Waals surface area contributed by atoms with Crippen LogP contribution in [0.4, 0.5) is 0 Å². The van der Waals surface area contributed by atoms with Gasteiger partial charge in [-0.15, -0.1) is 0 Å². The Morgan fingerprint density at radius 3 is 2.27 bits per heavy atom. The first-order valence-corrected chi connectivity index (χ1v) is 4.78. The second kappa shape index (κ2) is 2.85. The summed E-state index contributed by atoms with van der Waals surface area (Å²) in [6.07, 6.45) is 8.26. The Morgan fingerprint density at radius 1 is 1.36 bits per heavy atom. The van der Waals surface area contributed by atoms with Crippen LogP contribution in [-0.4, -0.2) is 4.75 Å². The van der Waals surface area contributed by atoms with Crippen molar-refractivity contribution in [3.63, 3.8) is 0 Å². The normalized spacial score (nSPS) is 32.4. The summed E-state index contributed by atoms with van der Waals surface area (Å²) >= 11 is 4.65. The van der Waals surface area contributed by atoms with Crippen molar-refractivity contribution in [3.05, 3.63) is 12.2 Å². The summed E-state index contributed by atoms with van der Waals surface area (Å²) in [5.41, 5.74) is 0.394. The van der Waals surface area contributed by atoms with Gasteiger partial charge in [-0.1, -0.05) is 32.9 Å². The molecule has 0 spiro atoms. The molecule has 1 atom stereocenters. The average Bonchev–Trinajstić information content (AvgIpc) is 1.87. The minimum atomic E-state index is 0.151. The lowest BCUT2D eigenvalue weighted by Gasteiger charge is -2.42. The van der Waals surface area contributed by atoms with Crippen molar-refractivity contribution in [2.24, 2.45) is 5.41 Å². The molecule has 0 saturated heterocycles. The third kappa shape index (κ3) is 1.81. The molecule has 0 aromatic heterocycles. The highest BCUT2D eigenvalue weighted by Crippen LogP contribution is 2.45. The Balaban J connectivity index is 2.74. The van der Waals surface area contributed by atoms with Gasteiger partial charge in [-0.2, -0.15) is 12.6 Å². The molecule has 11 heavy (non-hydrogen) atoms. The first-order valence-electron chi connectivity index (χ1n) is 4.33. The molecule has 0 bridgehead atoms. The summed E-state index contributed by atoms with van der Waals surface area (Å²) in [7, 11) is 0. The average molecular weight is 170 g/mol. The molecule has 0 fully saturated rings. The summed E-state index contributed by atoms with van der Waals surface area (Å²) in [5.74, 6) is 0. The molecule has 1 aliphatic carbocycles. The summed E-state index contributed by atoms with van der Waals surface area (Å²) in [6, 6.07) is 0. The molecular formula is C10H18S. The highest BCUT2D eigenvalue weighted by atomic mass is 32.1. The zero-order valence-electron chi connectivity index (χ0n) is 7.72. The molecule has 0 nitrogen and oxygen atoms in total. The number of rotatable bonds is 1. The van der Waals surface area contributed by atoms with E-state index in [2.05, 4.69) is 45.6 Å². The van der Waals surface area contributed by atoms with Crippen LogP contribution < -0.4 is 0 Å². The maximum atomic E-state index is 4.65. The second-order valence-corrected chi connectivity index (χ2v) is 5.45. The highest BCUT2D eigenvalue weighted by molar-refractivity contribution is 7.81. The first-order chi connectivity index (χ1) is 4.96. The van der Waals surface area contributed by atoms with Crippen molar-refractivity contribution in [1.29, 1.82) is 0 Å². The van der Waals surface area contributed by atoms with E-state index in [1.165, 1.54) is 19.3 Å². The van der Waals surface area contributed by atoms with Gasteiger partial charge in [-0.25, -0.2) is 0 Å². The Hall–Kier alpha value is 0.0900. The molecule has 0 N–H and O–H groups in total. The molecule has 0 saturated carbocycles. The van der Waals surface area contributed by atoms with Crippen LogP contribution in [0.1, 0.15) is 40.0 Å². The topological polar surface area (TPSA) is 0 Å². The zero-order chi connectivity index (χ0) is 8.54. The number of thiol groups is 1. The Morgan fingerprint density at radius 2 is 2.00 bits per heavy atom. The molecule has 0 aromatic carbocycles. The smallest absolute Gasteiger partial charge is 0.0130 e. The van der Waals surface area contributed by atoms with Crippen molar-refractivity contribution >= 4 is 12.6 Å². The molecule has 0 amide bonds. The first kappa shape index (κ1) is 9.18. The lowest BCUT2D eigenvalue weighted by molar-refractivity contribution is 0.227. The minimum Gasteiger partial charge on any atom is -0.172 e. The lowest BCUT2D eigenvalue weighted by atomic mass is 9.70. The second-order valence-electron chi connectivity index (χ2n) is 4.33. The number of hydrogen-bond acceptors (Lipinski definition) is 1. The van der Waals surface area contributed by atoms with E-state index in [1.807, 2.05) is 0 Å². The molecule has 0 radical (unpaired) electrons. The van der Waals surface area contributed by atoms with Gasteiger partial charge in [0.25, 0.3) is 0 Å². The van der Waals surface area contributed by atoms with Gasteiger partial charge in [0.05, 0.1) is 0 Å². The molecule has 1 rings (SSSR count). The SMILES string of the molecule is CC(C)(S)C1(C)CC=CCC1. The van der Waals surface area contributed by atoms with Gasteiger partial charge in [0.2, 0.25) is 0 Å². The molecule has 64 valence electrons. The third-order valence-electron chi connectivity index (χ3n) is 3.07. The van der Waals surface area contributed by atoms with Gasteiger partial charge in [-0.05, 0) is 24.7 Å². The Bertz CT molecular complexity index is 164. The Labute approximate surface area is 75.5 Å². The van der Waals surface area contributed by atoms with E-state index in [0.29, 0.717) is 5.41 Å². The van der Waals surface area contributed by atoms with Gasteiger partial charge in [-0.3, -0.25) is 0 Å². The van der Waals surface area contributed by atoms with Gasteiger partial charge < -0.3 is 0 Å². The fourth-order valence-corrected chi connectivity index (χ4v) is 1.72. The van der Waals surface area contributed by atoms with Crippen LogP contribution in [0.15, 0.2) is 12.2 Å². The fraction of sp³-hybridized carbons (Fsp3) is 0.800. The monoisotopic (exact) mass is 170 g/mol. The maximum absolute atomic E-state index is 4.65. The van der Waals surface area contributed by atoms with Crippen molar-refractivity contribution in [2.75, 3.05) is 0 Å². The quantitative estimate of drug-likeness (QED) is 0.452. The van der Waals surface area contributed by atoms with Crippen LogP contribution >= 0.6 is 12.6 Å². The predicted molar refractivity (Wildman–Crippen MR) is 54.2 cm³/mol. The molecule has 0 aliphatic heterocycles. The number of hydrogen-bond donors (Lipinski definition) is 1. The van der Waals surface area contributed by atoms with Gasteiger partial charge in [0.1, 0.15) is 0 Å². The van der Waals surface area contributed by atoms with E-state index in [1.54, 1.807) is 0 Å². The van der Waals surface area contributed by atoms with E-state index in [9.17, 15) is 0 Å². The lowest BCUT2D eigenvalue weighted by Crippen LogP contribution is -2.37. The van der Waals surface area contributed by atoms with E-state index in [0.717, 1.165) is 0 Å². The summed E-state index contributed by atoms with van der Waals surface area (Å²) < 4.78 is 0.151. The highest BCUT2D eigenvalue weighted by Gasteiger charge is 2.37. The standard InChI is InChI=1S/C10H18S/c1-9(2,11)10(3)7-5-4-6-8-10/h4-5,11H,6-8H2,1-3H3. The molecule has 0 heterocycles. The van der Waals surface area contributed by atoms with Crippen LogP contribution in [0.3, 0.4) is 0 Å². The van der Waals surface area contributed by atoms with Gasteiger partial charge in [0.15, 0.2) is 0 Å². The summed E-state index contributed by atoms with van der Waals surface area (Å²) in [5, 5.41) is 0. The summed E-state index contributed by atoms with van der Waals surface area (Å²) in [6.45, 7) is 6.77. The third-order valence-corrected chi connectivity index (χ3v) is 3.61. The van der Waals surface area contributed by atoms with E-state index < -0.39 is 0 Å². The van der Waals surface area contributed by atoms with Crippen LogP contribution in [0, 0.1) is 5.41 Å². The minimum absolute atomic E-state index is 0.151. The Kier molecular flexibility index (Phi) is 2.38. The molecule has 1 unspecified atom stereocenters. The van der Waals surface area contributed by atoms with Crippen molar-refractivity contribution in [1.82, 2.24) is 0 Å². The number of allylic oxidation sites excluding steroid dienone is 2.